The predicted molar refractivity (Wildman–Crippen MR) is 141 cm³/mol. The highest BCUT2D eigenvalue weighted by Crippen LogP contribution is 2.75. The Balaban J connectivity index is 1.56. The number of hydrogen-bond acceptors (Lipinski definition) is 2. The number of rotatable bonds is 6. The lowest BCUT2D eigenvalue weighted by Crippen LogP contribution is -2.20. The molecule has 4 heteroatoms. The van der Waals surface area contributed by atoms with E-state index in [-0.39, 0.29) is 0 Å². The van der Waals surface area contributed by atoms with Crippen molar-refractivity contribution in [3.63, 3.8) is 0 Å². The molecule has 1 heterocycles. The SMILES string of the molecule is c1ccc(CP2C(=Nc3ccccc3)P(Cc3ccccc3)C2=Nc2ccccc2)cc1. The highest BCUT2D eigenvalue weighted by molar-refractivity contribution is 8.34. The molecule has 1 aliphatic rings. The van der Waals surface area contributed by atoms with Crippen LogP contribution >= 0.6 is 15.8 Å². The van der Waals surface area contributed by atoms with Crippen molar-refractivity contribution >= 4 is 37.6 Å². The summed E-state index contributed by atoms with van der Waals surface area (Å²) in [7, 11) is -1.11. The van der Waals surface area contributed by atoms with E-state index in [1.807, 2.05) is 12.1 Å². The van der Waals surface area contributed by atoms with Gasteiger partial charge in [-0.05, 0) is 35.4 Å². The molecule has 5 rings (SSSR count). The molecule has 4 aromatic carbocycles. The summed E-state index contributed by atoms with van der Waals surface area (Å²) < 4.78 is 0. The average molecular weight is 450 g/mol. The second kappa shape index (κ2) is 10.1. The van der Waals surface area contributed by atoms with Crippen LogP contribution in [0.15, 0.2) is 131 Å². The van der Waals surface area contributed by atoms with E-state index in [2.05, 4.69) is 109 Å². The van der Waals surface area contributed by atoms with Gasteiger partial charge in [0.1, 0.15) is 0 Å². The van der Waals surface area contributed by atoms with Crippen molar-refractivity contribution in [1.29, 1.82) is 0 Å². The Hall–Kier alpha value is -2.92. The normalized spacial score (nSPS) is 17.5. The molecule has 1 saturated heterocycles. The van der Waals surface area contributed by atoms with Crippen LogP contribution in [0.3, 0.4) is 0 Å². The zero-order valence-corrected chi connectivity index (χ0v) is 19.5. The molecule has 2 nitrogen and oxygen atoms in total. The molecule has 0 aromatic heterocycles. The van der Waals surface area contributed by atoms with Crippen LogP contribution in [0.4, 0.5) is 11.4 Å². The molecule has 1 fully saturated rings. The Morgan fingerprint density at radius 3 is 1.06 bits per heavy atom. The molecule has 0 spiro atoms. The minimum absolute atomic E-state index is 0.555. The second-order valence-corrected chi connectivity index (χ2v) is 12.4. The number of nitrogens with zero attached hydrogens (tertiary/aromatic N) is 2. The van der Waals surface area contributed by atoms with E-state index in [1.165, 1.54) is 21.5 Å². The third kappa shape index (κ3) is 4.94. The van der Waals surface area contributed by atoms with Gasteiger partial charge in [0.2, 0.25) is 0 Å². The maximum absolute atomic E-state index is 5.20. The van der Waals surface area contributed by atoms with E-state index < -0.39 is 15.8 Å². The Labute approximate surface area is 192 Å². The molecule has 0 amide bonds. The molecule has 0 atom stereocenters. The number of aliphatic imine (C=N–C) groups is 2. The van der Waals surface area contributed by atoms with Crippen molar-refractivity contribution < 1.29 is 0 Å². The van der Waals surface area contributed by atoms with Gasteiger partial charge in [0.25, 0.3) is 0 Å². The summed E-state index contributed by atoms with van der Waals surface area (Å²) >= 11 is 0. The van der Waals surface area contributed by atoms with Crippen LogP contribution < -0.4 is 0 Å². The molecule has 0 aliphatic carbocycles. The van der Waals surface area contributed by atoms with E-state index in [0.717, 1.165) is 23.7 Å². The van der Waals surface area contributed by atoms with Crippen molar-refractivity contribution in [2.45, 2.75) is 12.3 Å². The van der Waals surface area contributed by atoms with Crippen molar-refractivity contribution in [3.8, 4) is 0 Å². The zero-order valence-electron chi connectivity index (χ0n) is 17.8. The van der Waals surface area contributed by atoms with Crippen LogP contribution in [0, 0.1) is 0 Å². The Kier molecular flexibility index (Phi) is 6.63. The third-order valence-corrected chi connectivity index (χ3v) is 11.9. The number of benzene rings is 4. The van der Waals surface area contributed by atoms with Gasteiger partial charge in [-0.1, -0.05) is 97.1 Å². The van der Waals surface area contributed by atoms with Crippen molar-refractivity contribution in [3.05, 3.63) is 132 Å². The standard InChI is InChI=1S/C28H24N2P2/c1-5-13-23(14-6-1)21-31-27(29-25-17-9-3-10-18-25)32(22-24-15-7-2-8-16-24)28(31)30-26-19-11-4-12-20-26/h1-20H,21-22H2. The molecule has 156 valence electrons. The van der Waals surface area contributed by atoms with E-state index in [9.17, 15) is 0 Å². The molecule has 4 aromatic rings. The zero-order chi connectivity index (χ0) is 21.6. The third-order valence-electron chi connectivity index (χ3n) is 5.30. The lowest BCUT2D eigenvalue weighted by atomic mass is 10.2. The highest BCUT2D eigenvalue weighted by Gasteiger charge is 2.44. The topological polar surface area (TPSA) is 24.7 Å². The first-order valence-electron chi connectivity index (χ1n) is 10.8. The summed E-state index contributed by atoms with van der Waals surface area (Å²) in [5, 5.41) is 2.73. The minimum atomic E-state index is -0.555. The van der Waals surface area contributed by atoms with E-state index in [4.69, 9.17) is 9.98 Å². The quantitative estimate of drug-likeness (QED) is 0.262. The van der Waals surface area contributed by atoms with Gasteiger partial charge in [0.15, 0.2) is 0 Å². The number of hydrogen-bond donors (Lipinski definition) is 0. The van der Waals surface area contributed by atoms with Gasteiger partial charge in [-0.25, -0.2) is 9.98 Å². The Morgan fingerprint density at radius 1 is 0.406 bits per heavy atom. The fourth-order valence-electron chi connectivity index (χ4n) is 3.72. The maximum Gasteiger partial charge on any atom is 0.0768 e. The van der Waals surface area contributed by atoms with Gasteiger partial charge < -0.3 is 0 Å². The lowest BCUT2D eigenvalue weighted by Gasteiger charge is -2.40. The van der Waals surface area contributed by atoms with Crippen molar-refractivity contribution in [2.75, 3.05) is 0 Å². The average Bonchev–Trinajstić information content (AvgIpc) is 2.87. The predicted octanol–water partition coefficient (Wildman–Crippen LogP) is 8.74. The molecule has 0 saturated carbocycles. The summed E-state index contributed by atoms with van der Waals surface area (Å²) in [5.41, 5.74) is 4.80. The molecule has 1 aliphatic heterocycles. The summed E-state index contributed by atoms with van der Waals surface area (Å²) in [6.45, 7) is 0. The van der Waals surface area contributed by atoms with Crippen LogP contribution in [0.2, 0.25) is 0 Å². The van der Waals surface area contributed by atoms with Crippen molar-refractivity contribution in [1.82, 2.24) is 0 Å². The molecule has 0 N–H and O–H groups in total. The fourth-order valence-corrected chi connectivity index (χ4v) is 10.4. The molecule has 0 bridgehead atoms. The molecule has 32 heavy (non-hydrogen) atoms. The van der Waals surface area contributed by atoms with Gasteiger partial charge in [-0.2, -0.15) is 0 Å². The van der Waals surface area contributed by atoms with Gasteiger partial charge >= 0.3 is 0 Å². The van der Waals surface area contributed by atoms with Crippen molar-refractivity contribution in [2.24, 2.45) is 9.98 Å². The highest BCUT2D eigenvalue weighted by atomic mass is 31.2. The van der Waals surface area contributed by atoms with Crippen LogP contribution in [-0.4, -0.2) is 10.4 Å². The summed E-state index contributed by atoms with van der Waals surface area (Å²) in [5.74, 6) is 0. The van der Waals surface area contributed by atoms with Crippen LogP contribution in [0.1, 0.15) is 11.1 Å². The minimum Gasteiger partial charge on any atom is -0.248 e. The lowest BCUT2D eigenvalue weighted by molar-refractivity contribution is 1.39. The fraction of sp³-hybridized carbons (Fsp3) is 0.0714. The molecule has 0 unspecified atom stereocenters. The first kappa shape index (κ1) is 21.0. The van der Waals surface area contributed by atoms with Crippen LogP contribution in [0.25, 0.3) is 0 Å². The first-order valence-corrected chi connectivity index (χ1v) is 13.8. The van der Waals surface area contributed by atoms with Gasteiger partial charge in [-0.3, -0.25) is 0 Å². The van der Waals surface area contributed by atoms with E-state index >= 15 is 0 Å². The summed E-state index contributed by atoms with van der Waals surface area (Å²) in [4.78, 5) is 10.4. The summed E-state index contributed by atoms with van der Waals surface area (Å²) in [6.07, 6.45) is 2.00. The second-order valence-electron chi connectivity index (χ2n) is 7.64. The van der Waals surface area contributed by atoms with E-state index in [0.29, 0.717) is 0 Å². The monoisotopic (exact) mass is 450 g/mol. The van der Waals surface area contributed by atoms with Crippen LogP contribution in [0.5, 0.6) is 0 Å². The van der Waals surface area contributed by atoms with Gasteiger partial charge in [0.05, 0.1) is 21.8 Å². The maximum atomic E-state index is 5.20. The van der Waals surface area contributed by atoms with Gasteiger partial charge in [0, 0.05) is 28.2 Å². The van der Waals surface area contributed by atoms with Gasteiger partial charge in [-0.15, -0.1) is 0 Å². The largest absolute Gasteiger partial charge is 0.248 e. The molecular weight excluding hydrogens is 426 g/mol. The smallest absolute Gasteiger partial charge is 0.0768 e. The summed E-state index contributed by atoms with van der Waals surface area (Å²) in [6, 6.07) is 42.3. The molecular formula is C28H24N2P2. The number of para-hydroxylation sites is 2. The first-order chi connectivity index (χ1) is 15.9. The van der Waals surface area contributed by atoms with Crippen LogP contribution in [-0.2, 0) is 12.3 Å². The molecule has 0 radical (unpaired) electrons. The Bertz CT molecular complexity index is 1100. The van der Waals surface area contributed by atoms with E-state index in [1.54, 1.807) is 0 Å². The Morgan fingerprint density at radius 2 is 0.719 bits per heavy atom.